The van der Waals surface area contributed by atoms with E-state index in [-0.39, 0.29) is 0 Å². The van der Waals surface area contributed by atoms with Crippen molar-refractivity contribution in [3.8, 4) is 0 Å². The third-order valence-corrected chi connectivity index (χ3v) is 5.64. The number of nitrogens with zero attached hydrogens (tertiary/aromatic N) is 1. The van der Waals surface area contributed by atoms with Gasteiger partial charge in [0.25, 0.3) is 0 Å². The molecule has 4 aliphatic carbocycles. The van der Waals surface area contributed by atoms with Gasteiger partial charge >= 0.3 is 0 Å². The van der Waals surface area contributed by atoms with Gasteiger partial charge in [-0.25, -0.2) is 0 Å². The van der Waals surface area contributed by atoms with Crippen molar-refractivity contribution in [2.24, 2.45) is 17.8 Å². The van der Waals surface area contributed by atoms with Crippen molar-refractivity contribution in [2.45, 2.75) is 49.8 Å². The quantitative estimate of drug-likeness (QED) is 0.798. The molecule has 4 bridgehead atoms. The smallest absolute Gasteiger partial charge is 0.0687 e. The SMILES string of the molecule is ClCc1cc(C23CC4CC(CC(C4)C2)C3)n[nH]1. The van der Waals surface area contributed by atoms with Crippen LogP contribution in [0.4, 0.5) is 0 Å². The molecule has 4 aliphatic rings. The van der Waals surface area contributed by atoms with Gasteiger partial charge in [0.05, 0.1) is 17.3 Å². The molecule has 0 aromatic carbocycles. The normalized spacial score (nSPS) is 43.2. The molecule has 5 rings (SSSR count). The topological polar surface area (TPSA) is 28.7 Å². The summed E-state index contributed by atoms with van der Waals surface area (Å²) in [6.45, 7) is 0. The zero-order valence-electron chi connectivity index (χ0n) is 10.1. The molecule has 92 valence electrons. The number of rotatable bonds is 2. The lowest BCUT2D eigenvalue weighted by Gasteiger charge is -2.56. The van der Waals surface area contributed by atoms with Gasteiger partial charge in [-0.05, 0) is 62.3 Å². The second-order valence-corrected chi connectivity index (χ2v) is 6.88. The summed E-state index contributed by atoms with van der Waals surface area (Å²) >= 11 is 5.88. The molecule has 2 nitrogen and oxygen atoms in total. The van der Waals surface area contributed by atoms with Crippen LogP contribution in [0.2, 0.25) is 0 Å². The average molecular weight is 251 g/mol. The fourth-order valence-electron chi connectivity index (χ4n) is 5.13. The molecule has 0 aliphatic heterocycles. The van der Waals surface area contributed by atoms with Crippen molar-refractivity contribution in [1.29, 1.82) is 0 Å². The molecule has 4 saturated carbocycles. The first-order valence-corrected chi connectivity index (χ1v) is 7.41. The highest BCUT2D eigenvalue weighted by molar-refractivity contribution is 6.16. The van der Waals surface area contributed by atoms with E-state index in [0.717, 1.165) is 23.4 Å². The van der Waals surface area contributed by atoms with E-state index in [9.17, 15) is 0 Å². The Hall–Kier alpha value is -0.500. The summed E-state index contributed by atoms with van der Waals surface area (Å²) in [5, 5.41) is 7.67. The number of halogens is 1. The van der Waals surface area contributed by atoms with Crippen LogP contribution in [-0.2, 0) is 11.3 Å². The van der Waals surface area contributed by atoms with E-state index in [1.165, 1.54) is 44.2 Å². The fraction of sp³-hybridized carbons (Fsp3) is 0.786. The highest BCUT2D eigenvalue weighted by atomic mass is 35.5. The molecule has 0 amide bonds. The first-order valence-electron chi connectivity index (χ1n) is 6.88. The van der Waals surface area contributed by atoms with Crippen LogP contribution in [0.1, 0.15) is 49.9 Å². The number of hydrogen-bond acceptors (Lipinski definition) is 1. The Morgan fingerprint density at radius 2 is 1.76 bits per heavy atom. The van der Waals surface area contributed by atoms with E-state index in [4.69, 9.17) is 11.6 Å². The zero-order chi connectivity index (χ0) is 11.5. The lowest BCUT2D eigenvalue weighted by molar-refractivity contribution is -0.00722. The van der Waals surface area contributed by atoms with Gasteiger partial charge in [-0.15, -0.1) is 11.6 Å². The number of aromatic amines is 1. The van der Waals surface area contributed by atoms with Gasteiger partial charge in [0.2, 0.25) is 0 Å². The Kier molecular flexibility index (Phi) is 2.15. The lowest BCUT2D eigenvalue weighted by Crippen LogP contribution is -2.48. The number of alkyl halides is 1. The van der Waals surface area contributed by atoms with Crippen molar-refractivity contribution >= 4 is 11.6 Å². The van der Waals surface area contributed by atoms with Crippen LogP contribution in [0.5, 0.6) is 0 Å². The van der Waals surface area contributed by atoms with Gasteiger partial charge in [0, 0.05) is 5.41 Å². The Balaban J connectivity index is 1.72. The molecule has 1 aromatic heterocycles. The maximum Gasteiger partial charge on any atom is 0.0687 e. The van der Waals surface area contributed by atoms with E-state index < -0.39 is 0 Å². The van der Waals surface area contributed by atoms with E-state index >= 15 is 0 Å². The number of H-pyrrole nitrogens is 1. The molecule has 1 heterocycles. The molecule has 0 atom stereocenters. The minimum Gasteiger partial charge on any atom is -0.281 e. The predicted octanol–water partition coefficient (Wildman–Crippen LogP) is 3.62. The van der Waals surface area contributed by atoms with E-state index in [0.29, 0.717) is 11.3 Å². The molecular weight excluding hydrogens is 232 g/mol. The largest absolute Gasteiger partial charge is 0.281 e. The summed E-state index contributed by atoms with van der Waals surface area (Å²) in [7, 11) is 0. The molecule has 0 radical (unpaired) electrons. The number of hydrogen-bond donors (Lipinski definition) is 1. The van der Waals surface area contributed by atoms with Crippen LogP contribution in [0.3, 0.4) is 0 Å². The fourth-order valence-corrected chi connectivity index (χ4v) is 5.26. The monoisotopic (exact) mass is 250 g/mol. The maximum atomic E-state index is 5.88. The van der Waals surface area contributed by atoms with Gasteiger partial charge in [-0.1, -0.05) is 0 Å². The predicted molar refractivity (Wildman–Crippen MR) is 68.0 cm³/mol. The van der Waals surface area contributed by atoms with Crippen molar-refractivity contribution in [3.63, 3.8) is 0 Å². The summed E-state index contributed by atoms with van der Waals surface area (Å²) in [4.78, 5) is 0. The third-order valence-electron chi connectivity index (χ3n) is 5.36. The average Bonchev–Trinajstić information content (AvgIpc) is 2.76. The van der Waals surface area contributed by atoms with Crippen molar-refractivity contribution in [2.75, 3.05) is 0 Å². The molecule has 4 fully saturated rings. The Bertz CT molecular complexity index is 402. The first kappa shape index (κ1) is 10.4. The molecule has 0 unspecified atom stereocenters. The van der Waals surface area contributed by atoms with E-state index in [1.54, 1.807) is 0 Å². The van der Waals surface area contributed by atoms with E-state index in [2.05, 4.69) is 16.3 Å². The van der Waals surface area contributed by atoms with Gasteiger partial charge in [-0.3, -0.25) is 5.10 Å². The van der Waals surface area contributed by atoms with Crippen LogP contribution in [0.25, 0.3) is 0 Å². The lowest BCUT2D eigenvalue weighted by atomic mass is 9.49. The van der Waals surface area contributed by atoms with Gasteiger partial charge < -0.3 is 0 Å². The molecule has 0 spiro atoms. The van der Waals surface area contributed by atoms with Crippen molar-refractivity contribution in [1.82, 2.24) is 10.2 Å². The second-order valence-electron chi connectivity index (χ2n) is 6.61. The van der Waals surface area contributed by atoms with Gasteiger partial charge in [0.15, 0.2) is 0 Å². The molecule has 1 aromatic rings. The molecule has 17 heavy (non-hydrogen) atoms. The first-order chi connectivity index (χ1) is 8.27. The second kappa shape index (κ2) is 3.50. The van der Waals surface area contributed by atoms with Gasteiger partial charge in [-0.2, -0.15) is 5.10 Å². The van der Waals surface area contributed by atoms with Crippen molar-refractivity contribution < 1.29 is 0 Å². The summed E-state index contributed by atoms with van der Waals surface area (Å²) in [6.07, 6.45) is 8.62. The van der Waals surface area contributed by atoms with Crippen molar-refractivity contribution in [3.05, 3.63) is 17.5 Å². The van der Waals surface area contributed by atoms with E-state index in [1.807, 2.05) is 0 Å². The van der Waals surface area contributed by atoms with Crippen LogP contribution >= 0.6 is 11.6 Å². The highest BCUT2D eigenvalue weighted by Crippen LogP contribution is 2.60. The summed E-state index contributed by atoms with van der Waals surface area (Å²) in [5.74, 6) is 3.51. The Labute approximate surface area is 107 Å². The molecule has 0 saturated heterocycles. The Morgan fingerprint density at radius 3 is 2.24 bits per heavy atom. The number of aromatic nitrogens is 2. The van der Waals surface area contributed by atoms with Crippen LogP contribution in [-0.4, -0.2) is 10.2 Å². The zero-order valence-corrected chi connectivity index (χ0v) is 10.8. The summed E-state index contributed by atoms with van der Waals surface area (Å²) in [6, 6.07) is 2.22. The number of nitrogens with one attached hydrogen (secondary N) is 1. The van der Waals surface area contributed by atoms with Crippen LogP contribution in [0.15, 0.2) is 6.07 Å². The maximum absolute atomic E-state index is 5.88. The standard InChI is InChI=1S/C14H19ClN2/c15-8-12-4-13(17-16-12)14-5-9-1-10(6-14)3-11(2-9)7-14/h4,9-11H,1-3,5-8H2,(H,16,17). The minimum absolute atomic E-state index is 0.412. The van der Waals surface area contributed by atoms with Crippen LogP contribution in [0, 0.1) is 17.8 Å². The minimum atomic E-state index is 0.412. The molecule has 1 N–H and O–H groups in total. The Morgan fingerprint density at radius 1 is 1.18 bits per heavy atom. The third kappa shape index (κ3) is 1.49. The van der Waals surface area contributed by atoms with Crippen LogP contribution < -0.4 is 0 Å². The highest BCUT2D eigenvalue weighted by Gasteiger charge is 2.52. The summed E-state index contributed by atoms with van der Waals surface area (Å²) in [5.41, 5.74) is 2.81. The van der Waals surface area contributed by atoms with Gasteiger partial charge in [0.1, 0.15) is 0 Å². The molecular formula is C14H19ClN2. The summed E-state index contributed by atoms with van der Waals surface area (Å²) < 4.78 is 0. The molecule has 3 heteroatoms.